The van der Waals surface area contributed by atoms with Crippen LogP contribution in [0.5, 0.6) is 0 Å². The number of nitrogens with zero attached hydrogens (tertiary/aromatic N) is 3. The summed E-state index contributed by atoms with van der Waals surface area (Å²) >= 11 is 0. The molecule has 8 nitrogen and oxygen atoms in total. The van der Waals surface area contributed by atoms with Gasteiger partial charge >= 0.3 is 0 Å². The predicted octanol–water partition coefficient (Wildman–Crippen LogP) is 2.79. The van der Waals surface area contributed by atoms with E-state index in [1.807, 2.05) is 17.0 Å². The molecular weight excluding hydrogens is 394 g/mol. The van der Waals surface area contributed by atoms with Crippen molar-refractivity contribution in [2.24, 2.45) is 11.8 Å². The van der Waals surface area contributed by atoms with E-state index in [0.717, 1.165) is 24.1 Å². The Bertz CT molecular complexity index is 947. The molecule has 2 N–H and O–H groups in total. The highest BCUT2D eigenvalue weighted by Gasteiger charge is 2.47. The second kappa shape index (κ2) is 9.01. The SMILES string of the molecule is COCCNC(=O)c1ccc2c(c1)[C@H](Nc1ncccn1)[C@@H](C)[C@H](C1CC1)N2C(C)=O. The van der Waals surface area contributed by atoms with Crippen LogP contribution in [0.15, 0.2) is 36.7 Å². The molecule has 0 spiro atoms. The summed E-state index contributed by atoms with van der Waals surface area (Å²) in [6.07, 6.45) is 5.65. The molecule has 31 heavy (non-hydrogen) atoms. The van der Waals surface area contributed by atoms with Crippen molar-refractivity contribution in [1.29, 1.82) is 0 Å². The van der Waals surface area contributed by atoms with E-state index in [4.69, 9.17) is 4.74 Å². The number of rotatable bonds is 7. The van der Waals surface area contributed by atoms with Crippen molar-refractivity contribution in [2.45, 2.75) is 38.8 Å². The topological polar surface area (TPSA) is 96.4 Å². The largest absolute Gasteiger partial charge is 0.383 e. The third kappa shape index (κ3) is 4.39. The van der Waals surface area contributed by atoms with Crippen LogP contribution in [0.1, 0.15) is 48.7 Å². The van der Waals surface area contributed by atoms with E-state index < -0.39 is 0 Å². The Morgan fingerprint density at radius 1 is 1.23 bits per heavy atom. The van der Waals surface area contributed by atoms with Gasteiger partial charge in [0.2, 0.25) is 11.9 Å². The second-order valence-corrected chi connectivity index (χ2v) is 8.29. The Morgan fingerprint density at radius 2 is 1.97 bits per heavy atom. The van der Waals surface area contributed by atoms with Crippen molar-refractivity contribution in [3.8, 4) is 0 Å². The number of nitrogens with one attached hydrogen (secondary N) is 2. The summed E-state index contributed by atoms with van der Waals surface area (Å²) in [6, 6.07) is 7.32. The minimum atomic E-state index is -0.166. The summed E-state index contributed by atoms with van der Waals surface area (Å²) in [5, 5.41) is 6.33. The normalized spacial score (nSPS) is 22.5. The fourth-order valence-corrected chi connectivity index (χ4v) is 4.59. The molecule has 2 aliphatic rings. The molecule has 3 atom stereocenters. The van der Waals surface area contributed by atoms with Crippen LogP contribution >= 0.6 is 0 Å². The molecule has 2 amide bonds. The van der Waals surface area contributed by atoms with Gasteiger partial charge in [-0.05, 0) is 48.6 Å². The van der Waals surface area contributed by atoms with Crippen molar-refractivity contribution in [2.75, 3.05) is 30.5 Å². The third-order valence-corrected chi connectivity index (χ3v) is 6.13. The maximum Gasteiger partial charge on any atom is 0.251 e. The third-order valence-electron chi connectivity index (χ3n) is 6.13. The van der Waals surface area contributed by atoms with Crippen LogP contribution in [0.25, 0.3) is 0 Å². The number of aromatic nitrogens is 2. The van der Waals surface area contributed by atoms with E-state index in [0.29, 0.717) is 30.6 Å². The van der Waals surface area contributed by atoms with Crippen LogP contribution in [-0.4, -0.2) is 48.1 Å². The van der Waals surface area contributed by atoms with Crippen LogP contribution in [0.2, 0.25) is 0 Å². The number of fused-ring (bicyclic) bond motifs is 1. The average Bonchev–Trinajstić information content (AvgIpc) is 3.60. The Labute approximate surface area is 182 Å². The fourth-order valence-electron chi connectivity index (χ4n) is 4.59. The number of ether oxygens (including phenoxy) is 1. The van der Waals surface area contributed by atoms with Gasteiger partial charge in [0.25, 0.3) is 5.91 Å². The van der Waals surface area contributed by atoms with Gasteiger partial charge in [0.1, 0.15) is 0 Å². The first-order chi connectivity index (χ1) is 15.0. The van der Waals surface area contributed by atoms with Crippen LogP contribution in [0, 0.1) is 11.8 Å². The van der Waals surface area contributed by atoms with Gasteiger partial charge < -0.3 is 20.3 Å². The lowest BCUT2D eigenvalue weighted by Gasteiger charge is -2.45. The first-order valence-electron chi connectivity index (χ1n) is 10.8. The fraction of sp³-hybridized carbons (Fsp3) is 0.478. The minimum Gasteiger partial charge on any atom is -0.383 e. The van der Waals surface area contributed by atoms with E-state index in [2.05, 4.69) is 27.5 Å². The van der Waals surface area contributed by atoms with Crippen molar-refractivity contribution in [1.82, 2.24) is 15.3 Å². The highest BCUT2D eigenvalue weighted by Crippen LogP contribution is 2.50. The highest BCUT2D eigenvalue weighted by molar-refractivity contribution is 5.98. The monoisotopic (exact) mass is 423 g/mol. The zero-order valence-electron chi connectivity index (χ0n) is 18.2. The molecule has 1 fully saturated rings. The number of hydrogen-bond acceptors (Lipinski definition) is 6. The molecular formula is C23H29N5O3. The van der Waals surface area contributed by atoms with E-state index in [-0.39, 0.29) is 29.8 Å². The van der Waals surface area contributed by atoms with Gasteiger partial charge in [0.15, 0.2) is 0 Å². The van der Waals surface area contributed by atoms with Crippen LogP contribution in [0.3, 0.4) is 0 Å². The Morgan fingerprint density at radius 3 is 2.61 bits per heavy atom. The molecule has 0 radical (unpaired) electrons. The molecule has 4 rings (SSSR count). The summed E-state index contributed by atoms with van der Waals surface area (Å²) in [5.74, 6) is 1.01. The first-order valence-corrected chi connectivity index (χ1v) is 10.8. The van der Waals surface area contributed by atoms with E-state index in [1.54, 1.807) is 38.6 Å². The van der Waals surface area contributed by atoms with Gasteiger partial charge in [-0.25, -0.2) is 9.97 Å². The van der Waals surface area contributed by atoms with Crippen LogP contribution in [-0.2, 0) is 9.53 Å². The maximum absolute atomic E-state index is 12.7. The maximum atomic E-state index is 12.7. The summed E-state index contributed by atoms with van der Waals surface area (Å²) in [7, 11) is 1.60. The van der Waals surface area contributed by atoms with Crippen LogP contribution in [0.4, 0.5) is 11.6 Å². The lowest BCUT2D eigenvalue weighted by molar-refractivity contribution is -0.117. The standard InChI is InChI=1S/C23H29N5O3/c1-14-20(27-23-25-9-4-10-26-23)18-13-17(22(30)24-11-12-31-3)7-8-19(18)28(15(2)29)21(14)16-5-6-16/h4,7-10,13-14,16,20-21H,5-6,11-12H2,1-3H3,(H,24,30)(H,25,26,27)/t14-,20-,21-/m1/s1. The molecule has 1 saturated carbocycles. The molecule has 0 bridgehead atoms. The Kier molecular flexibility index (Phi) is 6.18. The number of anilines is 2. The van der Waals surface area contributed by atoms with Gasteiger partial charge in [-0.3, -0.25) is 9.59 Å². The number of methoxy groups -OCH3 is 1. The van der Waals surface area contributed by atoms with Gasteiger partial charge in [-0.15, -0.1) is 0 Å². The molecule has 2 heterocycles. The van der Waals surface area contributed by atoms with E-state index in [9.17, 15) is 9.59 Å². The zero-order valence-corrected chi connectivity index (χ0v) is 18.2. The molecule has 0 saturated heterocycles. The summed E-state index contributed by atoms with van der Waals surface area (Å²) < 4.78 is 5.01. The number of benzene rings is 1. The molecule has 8 heteroatoms. The van der Waals surface area contributed by atoms with Crippen LogP contribution < -0.4 is 15.5 Å². The van der Waals surface area contributed by atoms with E-state index >= 15 is 0 Å². The van der Waals surface area contributed by atoms with Crippen molar-refractivity contribution < 1.29 is 14.3 Å². The summed E-state index contributed by atoms with van der Waals surface area (Å²) in [4.78, 5) is 35.9. The average molecular weight is 424 g/mol. The highest BCUT2D eigenvalue weighted by atomic mass is 16.5. The molecule has 0 unspecified atom stereocenters. The zero-order chi connectivity index (χ0) is 22.0. The second-order valence-electron chi connectivity index (χ2n) is 8.29. The Balaban J connectivity index is 1.74. The number of carbonyl (C=O) groups is 2. The van der Waals surface area contributed by atoms with Crippen molar-refractivity contribution >= 4 is 23.5 Å². The quantitative estimate of drug-likeness (QED) is 0.665. The van der Waals surface area contributed by atoms with Gasteiger partial charge in [0, 0.05) is 56.2 Å². The first kappa shape index (κ1) is 21.2. The van der Waals surface area contributed by atoms with E-state index in [1.165, 1.54) is 0 Å². The molecule has 1 aliphatic carbocycles. The van der Waals surface area contributed by atoms with Crippen molar-refractivity contribution in [3.05, 3.63) is 47.8 Å². The van der Waals surface area contributed by atoms with Gasteiger partial charge in [-0.2, -0.15) is 0 Å². The molecule has 2 aromatic rings. The lowest BCUT2D eigenvalue weighted by Crippen LogP contribution is -2.51. The number of hydrogen-bond donors (Lipinski definition) is 2. The lowest BCUT2D eigenvalue weighted by atomic mass is 9.79. The predicted molar refractivity (Wildman–Crippen MR) is 118 cm³/mol. The summed E-state index contributed by atoms with van der Waals surface area (Å²) in [5.41, 5.74) is 2.31. The molecule has 1 aromatic carbocycles. The number of amides is 2. The Hall–Kier alpha value is -3.00. The summed E-state index contributed by atoms with van der Waals surface area (Å²) in [6.45, 7) is 4.66. The number of carbonyl (C=O) groups excluding carboxylic acids is 2. The smallest absolute Gasteiger partial charge is 0.251 e. The van der Waals surface area contributed by atoms with Gasteiger partial charge in [0.05, 0.1) is 12.6 Å². The molecule has 1 aliphatic heterocycles. The molecule has 164 valence electrons. The van der Waals surface area contributed by atoms with Gasteiger partial charge in [-0.1, -0.05) is 6.92 Å². The minimum absolute atomic E-state index is 0.0247. The molecule has 1 aromatic heterocycles. The van der Waals surface area contributed by atoms with Crippen molar-refractivity contribution in [3.63, 3.8) is 0 Å².